The molecule has 0 bridgehead atoms. The van der Waals surface area contributed by atoms with Gasteiger partial charge in [-0.15, -0.1) is 0 Å². The highest BCUT2D eigenvalue weighted by Gasteiger charge is 2.30. The number of alkyl halides is 1. The molecule has 1 fully saturated rings. The smallest absolute Gasteiger partial charge is 0.243 e. The largest absolute Gasteiger partial charge is 0.377 e. The molecule has 21 heavy (non-hydrogen) atoms. The number of aryl methyl sites for hydroxylation is 1. The van der Waals surface area contributed by atoms with Gasteiger partial charge in [-0.2, -0.15) is 4.31 Å². The van der Waals surface area contributed by atoms with Crippen LogP contribution in [0, 0.1) is 12.7 Å². The summed E-state index contributed by atoms with van der Waals surface area (Å²) in [6, 6.07) is 3.78. The summed E-state index contributed by atoms with van der Waals surface area (Å²) in [5.41, 5.74) is 0.438. The number of benzene rings is 1. The first-order chi connectivity index (χ1) is 9.95. The molecule has 1 aliphatic heterocycles. The highest BCUT2D eigenvalue weighted by molar-refractivity contribution is 9.09. The van der Waals surface area contributed by atoms with Crippen LogP contribution in [0.1, 0.15) is 18.4 Å². The number of hydrogen-bond donors (Lipinski definition) is 0. The first kappa shape index (κ1) is 16.9. The summed E-state index contributed by atoms with van der Waals surface area (Å²) >= 11 is 3.30. The molecule has 1 saturated heterocycles. The van der Waals surface area contributed by atoms with Crippen LogP contribution >= 0.6 is 15.9 Å². The monoisotopic (exact) mass is 379 g/mol. The first-order valence-corrected chi connectivity index (χ1v) is 9.45. The quantitative estimate of drug-likeness (QED) is 0.738. The van der Waals surface area contributed by atoms with E-state index in [4.69, 9.17) is 4.74 Å². The third-order valence-electron chi connectivity index (χ3n) is 3.59. The van der Waals surface area contributed by atoms with Crippen molar-refractivity contribution in [1.82, 2.24) is 4.31 Å². The summed E-state index contributed by atoms with van der Waals surface area (Å²) in [5.74, 6) is -0.423. The molecule has 7 heteroatoms. The minimum absolute atomic E-state index is 0.114. The molecule has 1 aromatic carbocycles. The Hall–Kier alpha value is -0.500. The number of nitrogens with zero attached hydrogens (tertiary/aromatic N) is 1. The summed E-state index contributed by atoms with van der Waals surface area (Å²) in [5, 5.41) is 0.778. The van der Waals surface area contributed by atoms with Crippen LogP contribution < -0.4 is 0 Å². The van der Waals surface area contributed by atoms with E-state index < -0.39 is 15.8 Å². The van der Waals surface area contributed by atoms with Crippen molar-refractivity contribution in [2.75, 3.05) is 25.0 Å². The number of piperidine rings is 1. The molecule has 0 atom stereocenters. The third kappa shape index (κ3) is 4.03. The van der Waals surface area contributed by atoms with Crippen molar-refractivity contribution in [2.24, 2.45) is 0 Å². The molecule has 0 unspecified atom stereocenters. The molecule has 0 amide bonds. The SMILES string of the molecule is Cc1cc(F)ccc1S(=O)(=O)N1CCC(OCCBr)CC1. The minimum atomic E-state index is -3.55. The fourth-order valence-corrected chi connectivity index (χ4v) is 4.35. The van der Waals surface area contributed by atoms with Crippen molar-refractivity contribution in [1.29, 1.82) is 0 Å². The molecular formula is C14H19BrFNO3S. The Morgan fingerprint density at radius 2 is 2.05 bits per heavy atom. The second-order valence-electron chi connectivity index (χ2n) is 5.07. The van der Waals surface area contributed by atoms with Gasteiger partial charge in [0.1, 0.15) is 5.82 Å². The lowest BCUT2D eigenvalue weighted by molar-refractivity contribution is 0.0309. The number of ether oxygens (including phenoxy) is 1. The van der Waals surface area contributed by atoms with E-state index in [1.54, 1.807) is 6.92 Å². The van der Waals surface area contributed by atoms with E-state index in [2.05, 4.69) is 15.9 Å². The van der Waals surface area contributed by atoms with Crippen molar-refractivity contribution in [3.63, 3.8) is 0 Å². The van der Waals surface area contributed by atoms with Gasteiger partial charge in [-0.25, -0.2) is 12.8 Å². The normalized spacial score (nSPS) is 18.0. The van der Waals surface area contributed by atoms with E-state index in [0.717, 1.165) is 5.33 Å². The second-order valence-corrected chi connectivity index (χ2v) is 7.77. The van der Waals surface area contributed by atoms with Crippen molar-refractivity contribution < 1.29 is 17.5 Å². The average molecular weight is 380 g/mol. The van der Waals surface area contributed by atoms with Gasteiger partial charge in [-0.3, -0.25) is 0 Å². The minimum Gasteiger partial charge on any atom is -0.377 e. The molecule has 0 N–H and O–H groups in total. The molecule has 118 valence electrons. The Labute approximate surface area is 133 Å². The molecule has 0 saturated carbocycles. The Kier molecular flexibility index (Phi) is 5.76. The molecule has 2 rings (SSSR count). The van der Waals surface area contributed by atoms with Crippen molar-refractivity contribution in [3.05, 3.63) is 29.6 Å². The van der Waals surface area contributed by atoms with Gasteiger partial charge >= 0.3 is 0 Å². The number of rotatable bonds is 5. The third-order valence-corrected chi connectivity index (χ3v) is 5.97. The fraction of sp³-hybridized carbons (Fsp3) is 0.571. The Morgan fingerprint density at radius 3 is 2.62 bits per heavy atom. The first-order valence-electron chi connectivity index (χ1n) is 6.89. The van der Waals surface area contributed by atoms with E-state index in [1.807, 2.05) is 0 Å². The van der Waals surface area contributed by atoms with E-state index in [1.165, 1.54) is 22.5 Å². The summed E-state index contributed by atoms with van der Waals surface area (Å²) in [7, 11) is -3.55. The topological polar surface area (TPSA) is 46.6 Å². The van der Waals surface area contributed by atoms with Gasteiger partial charge in [0.2, 0.25) is 10.0 Å². The van der Waals surface area contributed by atoms with E-state index in [-0.39, 0.29) is 11.0 Å². The van der Waals surface area contributed by atoms with E-state index in [0.29, 0.717) is 38.1 Å². The van der Waals surface area contributed by atoms with E-state index in [9.17, 15) is 12.8 Å². The van der Waals surface area contributed by atoms with Crippen LogP contribution in [0.3, 0.4) is 0 Å². The second kappa shape index (κ2) is 7.17. The van der Waals surface area contributed by atoms with Gasteiger partial charge in [0.15, 0.2) is 0 Å². The van der Waals surface area contributed by atoms with Crippen molar-refractivity contribution >= 4 is 26.0 Å². The van der Waals surface area contributed by atoms with Crippen LogP contribution in [0.4, 0.5) is 4.39 Å². The summed E-state index contributed by atoms with van der Waals surface area (Å²) in [4.78, 5) is 0.184. The van der Waals surface area contributed by atoms with Gasteiger partial charge in [0, 0.05) is 18.4 Å². The zero-order valence-corrected chi connectivity index (χ0v) is 14.3. The maximum absolute atomic E-state index is 13.1. The van der Waals surface area contributed by atoms with Gasteiger partial charge in [0.25, 0.3) is 0 Å². The highest BCUT2D eigenvalue weighted by Crippen LogP contribution is 2.24. The lowest BCUT2D eigenvalue weighted by Crippen LogP contribution is -2.41. The maximum Gasteiger partial charge on any atom is 0.243 e. The predicted octanol–water partition coefficient (Wildman–Crippen LogP) is 2.70. The molecule has 4 nitrogen and oxygen atoms in total. The zero-order valence-electron chi connectivity index (χ0n) is 11.9. The lowest BCUT2D eigenvalue weighted by atomic mass is 10.1. The predicted molar refractivity (Wildman–Crippen MR) is 82.7 cm³/mol. The molecule has 1 heterocycles. The Balaban J connectivity index is 2.08. The van der Waals surface area contributed by atoms with Crippen LogP contribution in [-0.4, -0.2) is 43.9 Å². The Bertz CT molecular complexity index is 586. The lowest BCUT2D eigenvalue weighted by Gasteiger charge is -2.31. The van der Waals surface area contributed by atoms with Gasteiger partial charge in [-0.05, 0) is 43.5 Å². The number of halogens is 2. The maximum atomic E-state index is 13.1. The fourth-order valence-electron chi connectivity index (χ4n) is 2.49. The summed E-state index contributed by atoms with van der Waals surface area (Å²) < 4.78 is 45.4. The van der Waals surface area contributed by atoms with Crippen LogP contribution in [0.15, 0.2) is 23.1 Å². The molecular weight excluding hydrogens is 361 g/mol. The molecule has 1 aromatic rings. The molecule has 0 aliphatic carbocycles. The van der Waals surface area contributed by atoms with Crippen LogP contribution in [0.25, 0.3) is 0 Å². The van der Waals surface area contributed by atoms with Crippen molar-refractivity contribution in [2.45, 2.75) is 30.8 Å². The molecule has 1 aliphatic rings. The molecule has 0 spiro atoms. The molecule has 0 radical (unpaired) electrons. The van der Waals surface area contributed by atoms with Gasteiger partial charge in [0.05, 0.1) is 17.6 Å². The molecule has 0 aromatic heterocycles. The van der Waals surface area contributed by atoms with Gasteiger partial charge < -0.3 is 4.74 Å². The van der Waals surface area contributed by atoms with Crippen molar-refractivity contribution in [3.8, 4) is 0 Å². The number of sulfonamides is 1. The highest BCUT2D eigenvalue weighted by atomic mass is 79.9. The zero-order chi connectivity index (χ0) is 15.5. The van der Waals surface area contributed by atoms with E-state index >= 15 is 0 Å². The summed E-state index contributed by atoms with van der Waals surface area (Å²) in [6.45, 7) is 3.12. The summed E-state index contributed by atoms with van der Waals surface area (Å²) in [6.07, 6.45) is 1.49. The van der Waals surface area contributed by atoms with Crippen LogP contribution in [0.2, 0.25) is 0 Å². The van der Waals surface area contributed by atoms with Gasteiger partial charge in [-0.1, -0.05) is 15.9 Å². The number of hydrogen-bond acceptors (Lipinski definition) is 3. The average Bonchev–Trinajstić information content (AvgIpc) is 2.45. The Morgan fingerprint density at radius 1 is 1.38 bits per heavy atom. The van der Waals surface area contributed by atoms with Crippen LogP contribution in [0.5, 0.6) is 0 Å². The van der Waals surface area contributed by atoms with Crippen LogP contribution in [-0.2, 0) is 14.8 Å². The standard InChI is InChI=1S/C14H19BrFNO3S/c1-11-10-12(16)2-3-14(11)21(18,19)17-7-4-13(5-8-17)20-9-6-15/h2-3,10,13H,4-9H2,1H3.